The number of nitrogens with one attached hydrogen (secondary N) is 1. The minimum Gasteiger partial charge on any atom is -0.396 e. The quantitative estimate of drug-likeness (QED) is 0.639. The lowest BCUT2D eigenvalue weighted by Gasteiger charge is -2.28. The van der Waals surface area contributed by atoms with Crippen molar-refractivity contribution in [2.24, 2.45) is 11.8 Å². The maximum Gasteiger partial charge on any atom is 0.222 e. The van der Waals surface area contributed by atoms with E-state index in [1.165, 1.54) is 0 Å². The molecule has 0 saturated carbocycles. The lowest BCUT2D eigenvalue weighted by atomic mass is 9.99. The summed E-state index contributed by atoms with van der Waals surface area (Å²) < 4.78 is 0. The number of aliphatic hydroxyl groups is 1. The molecule has 0 radical (unpaired) electrons. The number of rotatable bonds is 3. The molecule has 2 rings (SSSR count). The SMILES string of the molecule is O=C(CC1CNC1)N1CCC(CO)C1. The maximum absolute atomic E-state index is 11.7. The Morgan fingerprint density at radius 1 is 1.43 bits per heavy atom. The van der Waals surface area contributed by atoms with Gasteiger partial charge in [-0.3, -0.25) is 4.79 Å². The van der Waals surface area contributed by atoms with Crippen molar-refractivity contribution in [2.45, 2.75) is 12.8 Å². The first-order valence-corrected chi connectivity index (χ1v) is 5.39. The average molecular weight is 198 g/mol. The summed E-state index contributed by atoms with van der Waals surface area (Å²) in [5.41, 5.74) is 0. The highest BCUT2D eigenvalue weighted by Crippen LogP contribution is 2.18. The van der Waals surface area contributed by atoms with Gasteiger partial charge >= 0.3 is 0 Å². The van der Waals surface area contributed by atoms with Crippen LogP contribution in [0.1, 0.15) is 12.8 Å². The molecule has 1 atom stereocenters. The topological polar surface area (TPSA) is 52.6 Å². The van der Waals surface area contributed by atoms with Crippen LogP contribution in [-0.4, -0.2) is 48.7 Å². The number of likely N-dealkylation sites (tertiary alicyclic amines) is 1. The van der Waals surface area contributed by atoms with Crippen LogP contribution in [0.15, 0.2) is 0 Å². The second-order valence-electron chi connectivity index (χ2n) is 4.41. The van der Waals surface area contributed by atoms with Crippen LogP contribution in [0.3, 0.4) is 0 Å². The monoisotopic (exact) mass is 198 g/mol. The molecule has 2 N–H and O–H groups in total. The maximum atomic E-state index is 11.7. The van der Waals surface area contributed by atoms with E-state index >= 15 is 0 Å². The molecule has 1 amide bonds. The molecule has 1 unspecified atom stereocenters. The van der Waals surface area contributed by atoms with Gasteiger partial charge in [-0.15, -0.1) is 0 Å². The van der Waals surface area contributed by atoms with Gasteiger partial charge in [-0.2, -0.15) is 0 Å². The van der Waals surface area contributed by atoms with Gasteiger partial charge in [0, 0.05) is 32.0 Å². The third-order valence-electron chi connectivity index (χ3n) is 3.23. The zero-order chi connectivity index (χ0) is 9.97. The Labute approximate surface area is 84.3 Å². The summed E-state index contributed by atoms with van der Waals surface area (Å²) in [6, 6.07) is 0. The van der Waals surface area contributed by atoms with Crippen molar-refractivity contribution >= 4 is 5.91 Å². The standard InChI is InChI=1S/C10H18N2O2/c13-7-8-1-2-12(6-8)10(14)3-9-4-11-5-9/h8-9,11,13H,1-7H2. The normalized spacial score (nSPS) is 27.8. The molecule has 14 heavy (non-hydrogen) atoms. The summed E-state index contributed by atoms with van der Waals surface area (Å²) in [7, 11) is 0. The smallest absolute Gasteiger partial charge is 0.222 e. The summed E-state index contributed by atoms with van der Waals surface area (Å²) in [6.07, 6.45) is 1.65. The van der Waals surface area contributed by atoms with Gasteiger partial charge in [-0.25, -0.2) is 0 Å². The van der Waals surface area contributed by atoms with Crippen LogP contribution in [0, 0.1) is 11.8 Å². The van der Waals surface area contributed by atoms with Crippen molar-refractivity contribution in [3.63, 3.8) is 0 Å². The molecule has 0 aromatic carbocycles. The molecule has 2 heterocycles. The second kappa shape index (κ2) is 4.28. The van der Waals surface area contributed by atoms with Crippen LogP contribution in [0.2, 0.25) is 0 Å². The van der Waals surface area contributed by atoms with Gasteiger partial charge in [0.1, 0.15) is 0 Å². The van der Waals surface area contributed by atoms with Gasteiger partial charge in [0.05, 0.1) is 0 Å². The minimum atomic E-state index is 0.217. The third-order valence-corrected chi connectivity index (χ3v) is 3.23. The van der Waals surface area contributed by atoms with Crippen LogP contribution in [-0.2, 0) is 4.79 Å². The summed E-state index contributed by atoms with van der Waals surface area (Å²) in [4.78, 5) is 13.6. The van der Waals surface area contributed by atoms with Gasteiger partial charge in [-0.1, -0.05) is 0 Å². The van der Waals surface area contributed by atoms with Gasteiger partial charge in [0.2, 0.25) is 5.91 Å². The molecule has 80 valence electrons. The van der Waals surface area contributed by atoms with E-state index < -0.39 is 0 Å². The summed E-state index contributed by atoms with van der Waals surface area (Å²) >= 11 is 0. The molecule has 0 aliphatic carbocycles. The predicted molar refractivity (Wildman–Crippen MR) is 52.7 cm³/mol. The Morgan fingerprint density at radius 2 is 2.21 bits per heavy atom. The van der Waals surface area contributed by atoms with Crippen molar-refractivity contribution in [1.29, 1.82) is 0 Å². The summed E-state index contributed by atoms with van der Waals surface area (Å²) in [5, 5.41) is 12.1. The van der Waals surface area contributed by atoms with E-state index in [0.29, 0.717) is 18.3 Å². The first-order chi connectivity index (χ1) is 6.79. The fourth-order valence-electron chi connectivity index (χ4n) is 2.08. The third kappa shape index (κ3) is 2.07. The van der Waals surface area contributed by atoms with Gasteiger partial charge < -0.3 is 15.3 Å². The largest absolute Gasteiger partial charge is 0.396 e. The first kappa shape index (κ1) is 9.93. The number of amides is 1. The molecule has 0 spiro atoms. The number of carbonyl (C=O) groups is 1. The fourth-order valence-corrected chi connectivity index (χ4v) is 2.08. The van der Waals surface area contributed by atoms with E-state index in [1.54, 1.807) is 0 Å². The van der Waals surface area contributed by atoms with Crippen molar-refractivity contribution in [3.05, 3.63) is 0 Å². The van der Waals surface area contributed by atoms with Crippen molar-refractivity contribution < 1.29 is 9.90 Å². The van der Waals surface area contributed by atoms with E-state index in [-0.39, 0.29) is 12.5 Å². The van der Waals surface area contributed by atoms with Gasteiger partial charge in [0.25, 0.3) is 0 Å². The van der Waals surface area contributed by atoms with E-state index in [9.17, 15) is 4.79 Å². The average Bonchev–Trinajstić information content (AvgIpc) is 2.59. The molecule has 2 saturated heterocycles. The molecule has 0 aromatic rings. The lowest BCUT2D eigenvalue weighted by Crippen LogP contribution is -2.45. The number of hydrogen-bond acceptors (Lipinski definition) is 3. The summed E-state index contributed by atoms with van der Waals surface area (Å²) in [6.45, 7) is 3.79. The molecule has 4 nitrogen and oxygen atoms in total. The highest BCUT2D eigenvalue weighted by Gasteiger charge is 2.28. The van der Waals surface area contributed by atoms with Crippen LogP contribution in [0.4, 0.5) is 0 Å². The Hall–Kier alpha value is -0.610. The number of nitrogens with zero attached hydrogens (tertiary/aromatic N) is 1. The highest BCUT2D eigenvalue weighted by atomic mass is 16.3. The van der Waals surface area contributed by atoms with Crippen molar-refractivity contribution in [3.8, 4) is 0 Å². The first-order valence-electron chi connectivity index (χ1n) is 5.39. The fraction of sp³-hybridized carbons (Fsp3) is 0.900. The number of hydrogen-bond donors (Lipinski definition) is 2. The molecular formula is C10H18N2O2. The number of carbonyl (C=O) groups excluding carboxylic acids is 1. The van der Waals surface area contributed by atoms with Crippen molar-refractivity contribution in [2.75, 3.05) is 32.8 Å². The van der Waals surface area contributed by atoms with E-state index in [0.717, 1.165) is 32.6 Å². The Morgan fingerprint density at radius 3 is 2.71 bits per heavy atom. The molecule has 0 bridgehead atoms. The minimum absolute atomic E-state index is 0.217. The van der Waals surface area contributed by atoms with Crippen LogP contribution >= 0.6 is 0 Å². The summed E-state index contributed by atoms with van der Waals surface area (Å²) in [5.74, 6) is 1.14. The molecule has 4 heteroatoms. The highest BCUT2D eigenvalue weighted by molar-refractivity contribution is 5.76. The Balaban J connectivity index is 1.74. The number of aliphatic hydroxyl groups excluding tert-OH is 1. The molecule has 2 aliphatic heterocycles. The van der Waals surface area contributed by atoms with Gasteiger partial charge in [0.15, 0.2) is 0 Å². The second-order valence-corrected chi connectivity index (χ2v) is 4.41. The zero-order valence-corrected chi connectivity index (χ0v) is 8.41. The molecule has 2 fully saturated rings. The Bertz CT molecular complexity index is 216. The predicted octanol–water partition coefficient (Wildman–Crippen LogP) is -0.563. The van der Waals surface area contributed by atoms with E-state index in [2.05, 4.69) is 5.32 Å². The van der Waals surface area contributed by atoms with Crippen LogP contribution in [0.5, 0.6) is 0 Å². The molecule has 0 aromatic heterocycles. The van der Waals surface area contributed by atoms with Crippen LogP contribution < -0.4 is 5.32 Å². The van der Waals surface area contributed by atoms with E-state index in [1.807, 2.05) is 4.90 Å². The van der Waals surface area contributed by atoms with E-state index in [4.69, 9.17) is 5.11 Å². The van der Waals surface area contributed by atoms with Crippen LogP contribution in [0.25, 0.3) is 0 Å². The van der Waals surface area contributed by atoms with Gasteiger partial charge in [-0.05, 0) is 25.4 Å². The lowest BCUT2D eigenvalue weighted by molar-refractivity contribution is -0.131. The Kier molecular flexibility index (Phi) is 3.03. The molecular weight excluding hydrogens is 180 g/mol. The zero-order valence-electron chi connectivity index (χ0n) is 8.41. The van der Waals surface area contributed by atoms with Crippen molar-refractivity contribution in [1.82, 2.24) is 10.2 Å². The molecule has 2 aliphatic rings.